The standard InChI is InChI=1S/C22H27N7O2/c1-27(2)10-5-8-18(30)28-11-9-16(13-28)29-22-19(21(23)24-14-25-22)20(26-29)15-6-4-7-17(12-15)31-3/h4-8,12,14,16H,9-11,13H2,1-3H3,(H2,23,24,25)/b8-5+. The van der Waals surface area contributed by atoms with E-state index in [4.69, 9.17) is 15.6 Å². The third-order valence-electron chi connectivity index (χ3n) is 5.41. The first-order valence-corrected chi connectivity index (χ1v) is 10.2. The minimum Gasteiger partial charge on any atom is -0.497 e. The van der Waals surface area contributed by atoms with Crippen LogP contribution in [0.5, 0.6) is 5.75 Å². The molecule has 9 nitrogen and oxygen atoms in total. The summed E-state index contributed by atoms with van der Waals surface area (Å²) in [5, 5.41) is 5.59. The Morgan fingerprint density at radius 1 is 1.35 bits per heavy atom. The Labute approximate surface area is 181 Å². The molecule has 1 saturated heterocycles. The molecule has 0 radical (unpaired) electrons. The predicted molar refractivity (Wildman–Crippen MR) is 120 cm³/mol. The Hall–Kier alpha value is -3.46. The predicted octanol–water partition coefficient (Wildman–Crippen LogP) is 1.98. The molecular weight excluding hydrogens is 394 g/mol. The number of likely N-dealkylation sites (N-methyl/N-ethyl adjacent to an activating group) is 1. The summed E-state index contributed by atoms with van der Waals surface area (Å²) in [6.07, 6.45) is 5.78. The van der Waals surface area contributed by atoms with Gasteiger partial charge in [-0.3, -0.25) is 4.79 Å². The number of aromatic nitrogens is 4. The van der Waals surface area contributed by atoms with Crippen LogP contribution in [0.4, 0.5) is 5.82 Å². The molecule has 1 aromatic carbocycles. The Bertz CT molecular complexity index is 1120. The first-order valence-electron chi connectivity index (χ1n) is 10.2. The van der Waals surface area contributed by atoms with Crippen molar-refractivity contribution >= 4 is 22.8 Å². The molecule has 0 aliphatic carbocycles. The van der Waals surface area contributed by atoms with Crippen LogP contribution in [-0.4, -0.2) is 76.3 Å². The Kier molecular flexibility index (Phi) is 5.85. The van der Waals surface area contributed by atoms with Crippen molar-refractivity contribution in [1.82, 2.24) is 29.5 Å². The number of hydrogen-bond donors (Lipinski definition) is 1. The number of nitrogens with two attached hydrogens (primary N) is 1. The Morgan fingerprint density at radius 3 is 2.97 bits per heavy atom. The highest BCUT2D eigenvalue weighted by molar-refractivity contribution is 5.98. The van der Waals surface area contributed by atoms with Crippen molar-refractivity contribution in [3.8, 4) is 17.0 Å². The van der Waals surface area contributed by atoms with Crippen LogP contribution in [0.15, 0.2) is 42.7 Å². The molecule has 1 unspecified atom stereocenters. The van der Waals surface area contributed by atoms with E-state index in [2.05, 4.69) is 9.97 Å². The SMILES string of the molecule is COc1cccc(-c2nn(C3CCN(C(=O)/C=C/CN(C)C)C3)c3ncnc(N)c23)c1. The van der Waals surface area contributed by atoms with Crippen molar-refractivity contribution in [3.63, 3.8) is 0 Å². The summed E-state index contributed by atoms with van der Waals surface area (Å²) < 4.78 is 7.25. The van der Waals surface area contributed by atoms with Gasteiger partial charge in [-0.25, -0.2) is 14.6 Å². The highest BCUT2D eigenvalue weighted by Gasteiger charge is 2.30. The van der Waals surface area contributed by atoms with Gasteiger partial charge in [-0.15, -0.1) is 0 Å². The van der Waals surface area contributed by atoms with E-state index in [0.717, 1.165) is 24.3 Å². The summed E-state index contributed by atoms with van der Waals surface area (Å²) >= 11 is 0. The van der Waals surface area contributed by atoms with Crippen LogP contribution in [0, 0.1) is 0 Å². The van der Waals surface area contributed by atoms with Crippen LogP contribution in [0.1, 0.15) is 12.5 Å². The first-order chi connectivity index (χ1) is 15.0. The lowest BCUT2D eigenvalue weighted by atomic mass is 10.1. The minimum absolute atomic E-state index is 0.0161. The molecular formula is C22H27N7O2. The van der Waals surface area contributed by atoms with E-state index >= 15 is 0 Å². The quantitative estimate of drug-likeness (QED) is 0.607. The highest BCUT2D eigenvalue weighted by atomic mass is 16.5. The van der Waals surface area contributed by atoms with Crippen LogP contribution in [-0.2, 0) is 4.79 Å². The van der Waals surface area contributed by atoms with Crippen molar-refractivity contribution in [2.75, 3.05) is 46.6 Å². The van der Waals surface area contributed by atoms with Gasteiger partial charge in [0.05, 0.1) is 18.5 Å². The number of amides is 1. The molecule has 162 valence electrons. The fourth-order valence-corrected chi connectivity index (χ4v) is 3.83. The first kappa shape index (κ1) is 20.8. The molecule has 0 saturated carbocycles. The van der Waals surface area contributed by atoms with E-state index in [1.807, 2.05) is 58.9 Å². The largest absolute Gasteiger partial charge is 0.497 e. The number of benzene rings is 1. The van der Waals surface area contributed by atoms with E-state index in [0.29, 0.717) is 35.6 Å². The molecule has 31 heavy (non-hydrogen) atoms. The topological polar surface area (TPSA) is 102 Å². The number of carbonyl (C=O) groups excluding carboxylic acids is 1. The molecule has 1 aliphatic rings. The monoisotopic (exact) mass is 421 g/mol. The van der Waals surface area contributed by atoms with Crippen molar-refractivity contribution in [2.24, 2.45) is 0 Å². The van der Waals surface area contributed by atoms with E-state index in [9.17, 15) is 4.79 Å². The summed E-state index contributed by atoms with van der Waals surface area (Å²) in [5.41, 5.74) is 8.48. The maximum Gasteiger partial charge on any atom is 0.246 e. The van der Waals surface area contributed by atoms with Crippen LogP contribution in [0.2, 0.25) is 0 Å². The number of carbonyl (C=O) groups is 1. The lowest BCUT2D eigenvalue weighted by Gasteiger charge is -2.15. The molecule has 3 heterocycles. The zero-order valence-corrected chi connectivity index (χ0v) is 18.0. The third kappa shape index (κ3) is 4.22. The van der Waals surface area contributed by atoms with Crippen LogP contribution in [0.25, 0.3) is 22.3 Å². The number of likely N-dealkylation sites (tertiary alicyclic amines) is 1. The number of fused-ring (bicyclic) bond motifs is 1. The molecule has 2 N–H and O–H groups in total. The van der Waals surface area contributed by atoms with E-state index < -0.39 is 0 Å². The van der Waals surface area contributed by atoms with Gasteiger partial charge >= 0.3 is 0 Å². The van der Waals surface area contributed by atoms with Crippen molar-refractivity contribution in [1.29, 1.82) is 0 Å². The van der Waals surface area contributed by atoms with Crippen molar-refractivity contribution in [3.05, 3.63) is 42.7 Å². The smallest absolute Gasteiger partial charge is 0.246 e. The summed E-state index contributed by atoms with van der Waals surface area (Å²) in [6.45, 7) is 1.97. The average molecular weight is 422 g/mol. The lowest BCUT2D eigenvalue weighted by Crippen LogP contribution is -2.28. The summed E-state index contributed by atoms with van der Waals surface area (Å²) in [4.78, 5) is 25.0. The molecule has 3 aromatic rings. The number of nitrogen functional groups attached to an aromatic ring is 1. The second-order valence-electron chi connectivity index (χ2n) is 7.87. The second kappa shape index (κ2) is 8.73. The van der Waals surface area contributed by atoms with Gasteiger partial charge in [-0.2, -0.15) is 5.10 Å². The van der Waals surface area contributed by atoms with Gasteiger partial charge < -0.3 is 20.3 Å². The van der Waals surface area contributed by atoms with Gasteiger partial charge in [0, 0.05) is 31.3 Å². The number of ether oxygens (including phenoxy) is 1. The van der Waals surface area contributed by atoms with Gasteiger partial charge in [0.2, 0.25) is 5.91 Å². The number of rotatable bonds is 6. The molecule has 9 heteroatoms. The minimum atomic E-state index is 0.0161. The third-order valence-corrected chi connectivity index (χ3v) is 5.41. The van der Waals surface area contributed by atoms with E-state index in [1.54, 1.807) is 13.2 Å². The molecule has 1 atom stereocenters. The molecule has 4 rings (SSSR count). The molecule has 0 bridgehead atoms. The number of anilines is 1. The number of methoxy groups -OCH3 is 1. The van der Waals surface area contributed by atoms with Crippen LogP contribution < -0.4 is 10.5 Å². The van der Waals surface area contributed by atoms with Gasteiger partial charge in [-0.1, -0.05) is 18.2 Å². The molecule has 1 amide bonds. The summed E-state index contributed by atoms with van der Waals surface area (Å²) in [5.74, 6) is 1.13. The Balaban J connectivity index is 1.65. The van der Waals surface area contributed by atoms with Crippen molar-refractivity contribution in [2.45, 2.75) is 12.5 Å². The van der Waals surface area contributed by atoms with Crippen LogP contribution >= 0.6 is 0 Å². The zero-order chi connectivity index (χ0) is 22.0. The lowest BCUT2D eigenvalue weighted by molar-refractivity contribution is -0.125. The van der Waals surface area contributed by atoms with Gasteiger partial charge in [-0.05, 0) is 32.6 Å². The molecule has 0 spiro atoms. The Morgan fingerprint density at radius 2 is 2.19 bits per heavy atom. The van der Waals surface area contributed by atoms with Crippen molar-refractivity contribution < 1.29 is 9.53 Å². The van der Waals surface area contributed by atoms with Crippen LogP contribution in [0.3, 0.4) is 0 Å². The van der Waals surface area contributed by atoms with E-state index in [-0.39, 0.29) is 11.9 Å². The molecule has 1 aliphatic heterocycles. The number of nitrogens with zero attached hydrogens (tertiary/aromatic N) is 6. The van der Waals surface area contributed by atoms with Gasteiger partial charge in [0.1, 0.15) is 23.6 Å². The summed E-state index contributed by atoms with van der Waals surface area (Å²) in [6, 6.07) is 7.68. The van der Waals surface area contributed by atoms with E-state index in [1.165, 1.54) is 6.33 Å². The molecule has 2 aromatic heterocycles. The fraction of sp³-hybridized carbons (Fsp3) is 0.364. The maximum absolute atomic E-state index is 12.6. The number of hydrogen-bond acceptors (Lipinski definition) is 7. The molecule has 1 fully saturated rings. The normalized spacial score (nSPS) is 16.6. The van der Waals surface area contributed by atoms with Gasteiger partial charge in [0.15, 0.2) is 5.65 Å². The fourth-order valence-electron chi connectivity index (χ4n) is 3.83. The summed E-state index contributed by atoms with van der Waals surface area (Å²) in [7, 11) is 5.57. The zero-order valence-electron chi connectivity index (χ0n) is 18.0. The second-order valence-corrected chi connectivity index (χ2v) is 7.87. The highest BCUT2D eigenvalue weighted by Crippen LogP contribution is 2.34. The van der Waals surface area contributed by atoms with Gasteiger partial charge in [0.25, 0.3) is 0 Å². The maximum atomic E-state index is 12.6. The average Bonchev–Trinajstić information content (AvgIpc) is 3.39.